The predicted octanol–water partition coefficient (Wildman–Crippen LogP) is 3.60. The molecule has 0 spiro atoms. The van der Waals surface area contributed by atoms with Crippen LogP contribution in [-0.2, 0) is 16.0 Å². The fourth-order valence-corrected chi connectivity index (χ4v) is 5.30. The van der Waals surface area contributed by atoms with Crippen molar-refractivity contribution < 1.29 is 23.5 Å². The number of rotatable bonds is 8. The lowest BCUT2D eigenvalue weighted by molar-refractivity contribution is -0.135. The summed E-state index contributed by atoms with van der Waals surface area (Å²) >= 11 is 1.66. The van der Waals surface area contributed by atoms with Crippen LogP contribution >= 0.6 is 11.3 Å². The third-order valence-electron chi connectivity index (χ3n) is 6.04. The van der Waals surface area contributed by atoms with Crippen LogP contribution in [0.5, 0.6) is 5.75 Å². The topological polar surface area (TPSA) is 71.1 Å². The molecule has 178 valence electrons. The van der Waals surface area contributed by atoms with Crippen molar-refractivity contribution in [3.63, 3.8) is 0 Å². The Morgan fingerprint density at radius 2 is 2.18 bits per heavy atom. The summed E-state index contributed by atoms with van der Waals surface area (Å²) in [6.45, 7) is 4.03. The molecule has 1 fully saturated rings. The Morgan fingerprint density at radius 1 is 1.33 bits per heavy atom. The average Bonchev–Trinajstić information content (AvgIpc) is 3.50. The molecule has 0 radical (unpaired) electrons. The van der Waals surface area contributed by atoms with Crippen molar-refractivity contribution in [1.82, 2.24) is 15.1 Å². The summed E-state index contributed by atoms with van der Waals surface area (Å²) in [6, 6.07) is 7.65. The van der Waals surface area contributed by atoms with Gasteiger partial charge in [-0.05, 0) is 55.3 Å². The molecule has 0 saturated carbocycles. The lowest BCUT2D eigenvalue weighted by Gasteiger charge is -2.37. The van der Waals surface area contributed by atoms with E-state index in [1.54, 1.807) is 39.3 Å². The average molecular weight is 476 g/mol. The molecule has 0 unspecified atom stereocenters. The van der Waals surface area contributed by atoms with E-state index in [2.05, 4.69) is 5.32 Å². The highest BCUT2D eigenvalue weighted by atomic mass is 32.1. The number of halogens is 1. The second-order valence-electron chi connectivity index (χ2n) is 8.24. The number of nitrogens with zero attached hydrogens (tertiary/aromatic N) is 2. The van der Waals surface area contributed by atoms with Crippen LogP contribution in [0.1, 0.15) is 36.2 Å². The van der Waals surface area contributed by atoms with Gasteiger partial charge in [0.1, 0.15) is 13.2 Å². The molecule has 9 heteroatoms. The summed E-state index contributed by atoms with van der Waals surface area (Å²) in [5.41, 5.74) is 1.03. The lowest BCUT2D eigenvalue weighted by Crippen LogP contribution is -2.51. The van der Waals surface area contributed by atoms with Gasteiger partial charge in [0.15, 0.2) is 11.6 Å². The molecular formula is C24H30FN3O4S. The van der Waals surface area contributed by atoms with Crippen molar-refractivity contribution in [2.75, 3.05) is 39.4 Å². The van der Waals surface area contributed by atoms with Crippen LogP contribution in [0.4, 0.5) is 9.18 Å². The number of para-hydroxylation sites is 1. The van der Waals surface area contributed by atoms with Crippen LogP contribution in [0.15, 0.2) is 35.7 Å². The summed E-state index contributed by atoms with van der Waals surface area (Å²) < 4.78 is 25.6. The monoisotopic (exact) mass is 475 g/mol. The number of urea groups is 1. The highest BCUT2D eigenvalue weighted by molar-refractivity contribution is 7.10. The van der Waals surface area contributed by atoms with E-state index in [-0.39, 0.29) is 43.0 Å². The van der Waals surface area contributed by atoms with Gasteiger partial charge in [0.25, 0.3) is 0 Å². The number of carbonyl (C=O) groups excluding carboxylic acids is 2. The molecule has 2 aliphatic rings. The van der Waals surface area contributed by atoms with Crippen molar-refractivity contribution in [3.05, 3.63) is 52.0 Å². The number of hydrogen-bond donors (Lipinski definition) is 1. The van der Waals surface area contributed by atoms with Crippen molar-refractivity contribution in [2.45, 2.75) is 38.3 Å². The normalized spacial score (nSPS) is 19.8. The van der Waals surface area contributed by atoms with E-state index in [9.17, 15) is 14.0 Å². The van der Waals surface area contributed by atoms with E-state index in [1.807, 2.05) is 18.4 Å². The summed E-state index contributed by atoms with van der Waals surface area (Å²) in [6.07, 6.45) is 2.54. The number of hydrogen-bond acceptors (Lipinski definition) is 5. The highest BCUT2D eigenvalue weighted by Gasteiger charge is 2.34. The Bertz CT molecular complexity index is 963. The molecule has 33 heavy (non-hydrogen) atoms. The number of amides is 3. The summed E-state index contributed by atoms with van der Waals surface area (Å²) in [5.74, 6) is -0.427. The standard InChI is InChI=1S/C24H30FN3O4S/c1-2-26-24(30)27(14-17-6-5-12-31-17)15-23(29)28-11-9-22-18(10-13-33-22)20(28)16-32-21-8-4-3-7-19(21)25/h3-4,7-8,10,13,17,20H,2,5-6,9,11-12,14-16H2,1H3,(H,26,30)/t17-,20-/m0/s1. The van der Waals surface area contributed by atoms with Gasteiger partial charge in [0.2, 0.25) is 5.91 Å². The fourth-order valence-electron chi connectivity index (χ4n) is 4.38. The van der Waals surface area contributed by atoms with Gasteiger partial charge in [0, 0.05) is 31.1 Å². The van der Waals surface area contributed by atoms with Crippen LogP contribution in [0.3, 0.4) is 0 Å². The largest absolute Gasteiger partial charge is 0.488 e. The van der Waals surface area contributed by atoms with Gasteiger partial charge in [-0.2, -0.15) is 0 Å². The SMILES string of the molecule is CCNC(=O)N(CC(=O)N1CCc2sccc2[C@@H]1COc1ccccc1F)C[C@@H]1CCCO1. The first-order valence-electron chi connectivity index (χ1n) is 11.4. The van der Waals surface area contributed by atoms with Crippen molar-refractivity contribution in [1.29, 1.82) is 0 Å². The Labute approximate surface area is 197 Å². The van der Waals surface area contributed by atoms with Crippen LogP contribution in [0.25, 0.3) is 0 Å². The Hall–Kier alpha value is -2.65. The third kappa shape index (κ3) is 5.65. The minimum absolute atomic E-state index is 0.0403. The number of fused-ring (bicyclic) bond motifs is 1. The lowest BCUT2D eigenvalue weighted by atomic mass is 10.0. The van der Waals surface area contributed by atoms with Crippen LogP contribution in [0.2, 0.25) is 0 Å². The van der Waals surface area contributed by atoms with Crippen molar-refractivity contribution in [2.24, 2.45) is 0 Å². The molecule has 1 aromatic carbocycles. The van der Waals surface area contributed by atoms with Crippen LogP contribution in [0, 0.1) is 5.82 Å². The second kappa shape index (κ2) is 11.0. The van der Waals surface area contributed by atoms with E-state index < -0.39 is 5.82 Å². The predicted molar refractivity (Wildman–Crippen MR) is 124 cm³/mol. The molecule has 1 saturated heterocycles. The van der Waals surface area contributed by atoms with Gasteiger partial charge in [-0.25, -0.2) is 9.18 Å². The minimum Gasteiger partial charge on any atom is -0.488 e. The molecule has 0 aliphatic carbocycles. The molecule has 1 N–H and O–H groups in total. The van der Waals surface area contributed by atoms with Gasteiger partial charge in [-0.3, -0.25) is 4.79 Å². The minimum atomic E-state index is -0.435. The van der Waals surface area contributed by atoms with Crippen molar-refractivity contribution in [3.8, 4) is 5.75 Å². The Kier molecular flexibility index (Phi) is 7.82. The first-order valence-corrected chi connectivity index (χ1v) is 12.3. The van der Waals surface area contributed by atoms with Gasteiger partial charge in [-0.1, -0.05) is 12.1 Å². The second-order valence-corrected chi connectivity index (χ2v) is 9.25. The maximum Gasteiger partial charge on any atom is 0.317 e. The maximum absolute atomic E-state index is 14.1. The molecule has 2 aliphatic heterocycles. The quantitative estimate of drug-likeness (QED) is 0.633. The smallest absolute Gasteiger partial charge is 0.317 e. The zero-order chi connectivity index (χ0) is 23.2. The first kappa shape index (κ1) is 23.5. The first-order chi connectivity index (χ1) is 16.1. The molecule has 2 aromatic rings. The molecule has 3 heterocycles. The van der Waals surface area contributed by atoms with Gasteiger partial charge in [0.05, 0.1) is 12.1 Å². The highest BCUT2D eigenvalue weighted by Crippen LogP contribution is 2.34. The van der Waals surface area contributed by atoms with Gasteiger partial charge < -0.3 is 24.6 Å². The van der Waals surface area contributed by atoms with E-state index in [0.29, 0.717) is 26.2 Å². The zero-order valence-corrected chi connectivity index (χ0v) is 19.6. The molecular weight excluding hydrogens is 445 g/mol. The van der Waals surface area contributed by atoms with E-state index >= 15 is 0 Å². The number of ether oxygens (including phenoxy) is 2. The number of carbonyl (C=O) groups is 2. The van der Waals surface area contributed by atoms with E-state index in [4.69, 9.17) is 9.47 Å². The van der Waals surface area contributed by atoms with E-state index in [1.165, 1.54) is 10.9 Å². The van der Waals surface area contributed by atoms with Gasteiger partial charge >= 0.3 is 6.03 Å². The molecule has 2 atom stereocenters. The van der Waals surface area contributed by atoms with Crippen molar-refractivity contribution >= 4 is 23.3 Å². The number of thiophene rings is 1. The maximum atomic E-state index is 14.1. The molecule has 7 nitrogen and oxygen atoms in total. The Morgan fingerprint density at radius 3 is 2.94 bits per heavy atom. The fraction of sp³-hybridized carbons (Fsp3) is 0.500. The number of nitrogens with one attached hydrogen (secondary N) is 1. The van der Waals surface area contributed by atoms with Crippen LogP contribution in [-0.4, -0.2) is 67.2 Å². The molecule has 0 bridgehead atoms. The number of benzene rings is 1. The third-order valence-corrected chi connectivity index (χ3v) is 7.03. The molecule has 3 amide bonds. The summed E-state index contributed by atoms with van der Waals surface area (Å²) in [5, 5.41) is 4.81. The zero-order valence-electron chi connectivity index (χ0n) is 18.8. The van der Waals surface area contributed by atoms with E-state index in [0.717, 1.165) is 24.8 Å². The van der Waals surface area contributed by atoms with Crippen LogP contribution < -0.4 is 10.1 Å². The molecule has 4 rings (SSSR count). The summed E-state index contributed by atoms with van der Waals surface area (Å²) in [4.78, 5) is 30.6. The summed E-state index contributed by atoms with van der Waals surface area (Å²) in [7, 11) is 0. The molecule has 1 aromatic heterocycles. The Balaban J connectivity index is 1.49. The van der Waals surface area contributed by atoms with Gasteiger partial charge in [-0.15, -0.1) is 11.3 Å².